The van der Waals surface area contributed by atoms with Crippen molar-refractivity contribution in [1.82, 2.24) is 10.2 Å². The van der Waals surface area contributed by atoms with Gasteiger partial charge in [-0.1, -0.05) is 12.1 Å². The van der Waals surface area contributed by atoms with Crippen LogP contribution in [0.25, 0.3) is 0 Å². The third-order valence-electron chi connectivity index (χ3n) is 6.43. The lowest BCUT2D eigenvalue weighted by atomic mass is 10.0. The molecule has 0 saturated carbocycles. The van der Waals surface area contributed by atoms with Crippen LogP contribution >= 0.6 is 0 Å². The summed E-state index contributed by atoms with van der Waals surface area (Å²) in [5.41, 5.74) is 1.65. The number of amides is 1. The summed E-state index contributed by atoms with van der Waals surface area (Å²) in [5, 5.41) is 3.44. The van der Waals surface area contributed by atoms with Gasteiger partial charge in [0.2, 0.25) is 0 Å². The van der Waals surface area contributed by atoms with Crippen molar-refractivity contribution in [3.8, 4) is 17.2 Å². The van der Waals surface area contributed by atoms with Crippen molar-refractivity contribution < 1.29 is 28.5 Å². The van der Waals surface area contributed by atoms with E-state index in [1.54, 1.807) is 32.4 Å². The van der Waals surface area contributed by atoms with Crippen molar-refractivity contribution in [2.75, 3.05) is 53.7 Å². The summed E-state index contributed by atoms with van der Waals surface area (Å²) >= 11 is 0. The van der Waals surface area contributed by atoms with Crippen LogP contribution in [0.1, 0.15) is 43.1 Å². The van der Waals surface area contributed by atoms with Gasteiger partial charge in [-0.25, -0.2) is 0 Å². The predicted molar refractivity (Wildman–Crippen MR) is 144 cm³/mol. The fourth-order valence-electron chi connectivity index (χ4n) is 4.44. The van der Waals surface area contributed by atoms with Crippen LogP contribution in [-0.2, 0) is 16.1 Å². The van der Waals surface area contributed by atoms with E-state index in [0.29, 0.717) is 50.0 Å². The maximum absolute atomic E-state index is 13.6. The molecule has 1 amide bonds. The number of benzene rings is 2. The van der Waals surface area contributed by atoms with E-state index in [-0.39, 0.29) is 24.0 Å². The number of hydrogen-bond donors (Lipinski definition) is 1. The van der Waals surface area contributed by atoms with E-state index in [9.17, 15) is 4.79 Å². The molecule has 0 unspecified atom stereocenters. The molecule has 0 spiro atoms. The van der Waals surface area contributed by atoms with Crippen molar-refractivity contribution in [2.45, 2.75) is 45.9 Å². The van der Waals surface area contributed by atoms with E-state index in [2.05, 4.69) is 5.32 Å². The molecule has 8 heteroatoms. The minimum absolute atomic E-state index is 0.0142. The largest absolute Gasteiger partial charge is 0.494 e. The van der Waals surface area contributed by atoms with Gasteiger partial charge in [0.15, 0.2) is 11.5 Å². The van der Waals surface area contributed by atoms with Gasteiger partial charge in [0.05, 0.1) is 33.0 Å². The molecule has 1 saturated heterocycles. The molecular weight excluding hydrogens is 472 g/mol. The maximum atomic E-state index is 13.6. The smallest absolute Gasteiger partial charge is 0.254 e. The van der Waals surface area contributed by atoms with E-state index < -0.39 is 0 Å². The summed E-state index contributed by atoms with van der Waals surface area (Å²) in [6.45, 7) is 10.5. The van der Waals surface area contributed by atoms with E-state index in [1.165, 1.54) is 0 Å². The summed E-state index contributed by atoms with van der Waals surface area (Å²) in [4.78, 5) is 15.5. The molecule has 2 aromatic carbocycles. The summed E-state index contributed by atoms with van der Waals surface area (Å²) < 4.78 is 28.3. The SMILES string of the molecule is CCOc1cccc(CO[C@@H]2CNC[C@H]2CN(C(=O)c2ccc(OC)c(OCCCOC)c2)C(C)C)c1. The standard InChI is InChI=1S/C29H42N2O6/c1-6-35-25-10-7-9-22(15-25)20-37-28-18-30-17-24(28)19-31(21(2)3)29(32)23-11-12-26(34-5)27(16-23)36-14-8-13-33-4/h7,9-12,15-16,21,24,28,30H,6,8,13-14,17-20H2,1-5H3/t24-,28+/m0/s1. The Kier molecular flexibility index (Phi) is 11.5. The monoisotopic (exact) mass is 514 g/mol. The normalized spacial score (nSPS) is 17.1. The molecule has 0 radical (unpaired) electrons. The highest BCUT2D eigenvalue weighted by atomic mass is 16.5. The average Bonchev–Trinajstić information content (AvgIpc) is 3.35. The molecule has 1 heterocycles. The van der Waals surface area contributed by atoms with E-state index in [4.69, 9.17) is 23.7 Å². The van der Waals surface area contributed by atoms with Crippen LogP contribution in [0.5, 0.6) is 17.2 Å². The van der Waals surface area contributed by atoms with Gasteiger partial charge in [0.1, 0.15) is 5.75 Å². The number of nitrogens with one attached hydrogen (secondary N) is 1. The number of carbonyl (C=O) groups is 1. The zero-order valence-electron chi connectivity index (χ0n) is 22.8. The van der Waals surface area contributed by atoms with Gasteiger partial charge >= 0.3 is 0 Å². The highest BCUT2D eigenvalue weighted by Gasteiger charge is 2.32. The summed E-state index contributed by atoms with van der Waals surface area (Å²) in [5.74, 6) is 2.17. The molecule has 37 heavy (non-hydrogen) atoms. The molecule has 1 N–H and O–H groups in total. The molecule has 0 aromatic heterocycles. The minimum atomic E-state index is -0.0329. The van der Waals surface area contributed by atoms with Crippen molar-refractivity contribution in [1.29, 1.82) is 0 Å². The molecule has 1 fully saturated rings. The van der Waals surface area contributed by atoms with Gasteiger partial charge in [-0.3, -0.25) is 4.79 Å². The lowest BCUT2D eigenvalue weighted by molar-refractivity contribution is 0.0128. The van der Waals surface area contributed by atoms with E-state index in [1.807, 2.05) is 49.9 Å². The summed E-state index contributed by atoms with van der Waals surface area (Å²) in [6, 6.07) is 13.4. The number of ether oxygens (including phenoxy) is 5. The van der Waals surface area contributed by atoms with Crippen molar-refractivity contribution in [3.05, 3.63) is 53.6 Å². The molecule has 1 aliphatic heterocycles. The Hall–Kier alpha value is -2.81. The molecule has 2 aromatic rings. The zero-order valence-corrected chi connectivity index (χ0v) is 22.8. The molecule has 0 bridgehead atoms. The van der Waals surface area contributed by atoms with Gasteiger partial charge in [-0.05, 0) is 56.7 Å². The Bertz CT molecular complexity index is 983. The van der Waals surface area contributed by atoms with E-state index in [0.717, 1.165) is 30.8 Å². The second-order valence-corrected chi connectivity index (χ2v) is 9.46. The quantitative estimate of drug-likeness (QED) is 0.358. The van der Waals surface area contributed by atoms with Crippen molar-refractivity contribution in [3.63, 3.8) is 0 Å². The van der Waals surface area contributed by atoms with Gasteiger partial charge in [0.25, 0.3) is 5.91 Å². The topological polar surface area (TPSA) is 78.5 Å². The Morgan fingerprint density at radius 3 is 2.62 bits per heavy atom. The van der Waals surface area contributed by atoms with Crippen molar-refractivity contribution in [2.24, 2.45) is 5.92 Å². The van der Waals surface area contributed by atoms with Crippen LogP contribution in [0, 0.1) is 5.92 Å². The predicted octanol–water partition coefficient (Wildman–Crippen LogP) is 4.16. The highest BCUT2D eigenvalue weighted by Crippen LogP contribution is 2.29. The van der Waals surface area contributed by atoms with Gasteiger partial charge in [0, 0.05) is 57.3 Å². The lowest BCUT2D eigenvalue weighted by Gasteiger charge is -2.31. The summed E-state index contributed by atoms with van der Waals surface area (Å²) in [7, 11) is 3.26. The second-order valence-electron chi connectivity index (χ2n) is 9.46. The van der Waals surface area contributed by atoms with Gasteiger partial charge in [-0.2, -0.15) is 0 Å². The first-order valence-corrected chi connectivity index (χ1v) is 13.1. The maximum Gasteiger partial charge on any atom is 0.254 e. The second kappa shape index (κ2) is 14.8. The van der Waals surface area contributed by atoms with Crippen LogP contribution in [0.2, 0.25) is 0 Å². The van der Waals surface area contributed by atoms with E-state index >= 15 is 0 Å². The van der Waals surface area contributed by atoms with Crippen LogP contribution in [-0.4, -0.2) is 76.6 Å². The number of hydrogen-bond acceptors (Lipinski definition) is 7. The average molecular weight is 515 g/mol. The molecular formula is C29H42N2O6. The van der Waals surface area contributed by atoms with Crippen LogP contribution in [0.3, 0.4) is 0 Å². The number of carbonyl (C=O) groups excluding carboxylic acids is 1. The Balaban J connectivity index is 1.66. The zero-order chi connectivity index (χ0) is 26.6. The number of methoxy groups -OCH3 is 2. The third kappa shape index (κ3) is 8.35. The third-order valence-corrected chi connectivity index (χ3v) is 6.43. The van der Waals surface area contributed by atoms with Gasteiger partial charge in [-0.15, -0.1) is 0 Å². The first-order chi connectivity index (χ1) is 18.0. The molecule has 2 atom stereocenters. The molecule has 204 valence electrons. The Labute approximate surface area is 221 Å². The molecule has 3 rings (SSSR count). The lowest BCUT2D eigenvalue weighted by Crippen LogP contribution is -2.43. The molecule has 0 aliphatic carbocycles. The fraction of sp³-hybridized carbons (Fsp3) is 0.552. The van der Waals surface area contributed by atoms with Gasteiger partial charge < -0.3 is 33.9 Å². The molecule has 1 aliphatic rings. The Morgan fingerprint density at radius 2 is 1.89 bits per heavy atom. The Morgan fingerprint density at radius 1 is 1.05 bits per heavy atom. The molecule has 8 nitrogen and oxygen atoms in total. The van der Waals surface area contributed by atoms with Crippen LogP contribution < -0.4 is 19.5 Å². The first kappa shape index (κ1) is 28.8. The minimum Gasteiger partial charge on any atom is -0.494 e. The highest BCUT2D eigenvalue weighted by molar-refractivity contribution is 5.95. The fourth-order valence-corrected chi connectivity index (χ4v) is 4.44. The van der Waals surface area contributed by atoms with Crippen molar-refractivity contribution >= 4 is 5.91 Å². The van der Waals surface area contributed by atoms with Crippen LogP contribution in [0.4, 0.5) is 0 Å². The summed E-state index contributed by atoms with van der Waals surface area (Å²) in [6.07, 6.45) is 0.766. The number of nitrogens with zero attached hydrogens (tertiary/aromatic N) is 1. The van der Waals surface area contributed by atoms with Crippen LogP contribution in [0.15, 0.2) is 42.5 Å². The first-order valence-electron chi connectivity index (χ1n) is 13.1. The number of rotatable bonds is 15.